The van der Waals surface area contributed by atoms with Gasteiger partial charge in [0.2, 0.25) is 11.8 Å². The number of nitrogens with one attached hydrogen (secondary N) is 1. The van der Waals surface area contributed by atoms with Crippen LogP contribution in [-0.2, 0) is 9.59 Å². The van der Waals surface area contributed by atoms with Crippen molar-refractivity contribution in [1.29, 1.82) is 0 Å². The largest absolute Gasteiger partial charge is 0.340 e. The van der Waals surface area contributed by atoms with Crippen molar-refractivity contribution in [2.75, 3.05) is 19.6 Å². The topological polar surface area (TPSA) is 82.6 Å². The van der Waals surface area contributed by atoms with Gasteiger partial charge in [0.1, 0.15) is 6.04 Å². The van der Waals surface area contributed by atoms with Crippen molar-refractivity contribution >= 4 is 17.7 Å². The first-order chi connectivity index (χ1) is 18.1. The molecule has 2 aliphatic heterocycles. The Labute approximate surface area is 217 Å². The second-order valence-corrected chi connectivity index (χ2v) is 9.75. The molecule has 2 aliphatic rings. The summed E-state index contributed by atoms with van der Waals surface area (Å²) in [6.07, 6.45) is 7.54. The van der Waals surface area contributed by atoms with E-state index in [0.717, 1.165) is 42.4 Å². The number of carbonyl (C=O) groups is 3. The van der Waals surface area contributed by atoms with Crippen molar-refractivity contribution in [2.24, 2.45) is 0 Å². The van der Waals surface area contributed by atoms with Gasteiger partial charge in [-0.2, -0.15) is 0 Å². The van der Waals surface area contributed by atoms with Gasteiger partial charge in [0, 0.05) is 31.0 Å². The van der Waals surface area contributed by atoms with Crippen LogP contribution in [-0.4, -0.2) is 58.2 Å². The van der Waals surface area contributed by atoms with E-state index < -0.39 is 6.04 Å². The zero-order valence-electron chi connectivity index (χ0n) is 20.9. The molecule has 0 radical (unpaired) electrons. The Balaban J connectivity index is 1.22. The van der Waals surface area contributed by atoms with Crippen LogP contribution in [0.15, 0.2) is 79.1 Å². The molecular weight excluding hydrogens is 464 g/mol. The molecule has 3 amide bonds. The van der Waals surface area contributed by atoms with Crippen molar-refractivity contribution in [2.45, 2.75) is 44.2 Å². The van der Waals surface area contributed by atoms with E-state index in [-0.39, 0.29) is 30.3 Å². The number of hydrogen-bond donors (Lipinski definition) is 1. The molecule has 37 heavy (non-hydrogen) atoms. The van der Waals surface area contributed by atoms with E-state index in [4.69, 9.17) is 0 Å². The highest BCUT2D eigenvalue weighted by Gasteiger charge is 2.34. The van der Waals surface area contributed by atoms with Crippen LogP contribution in [0, 0.1) is 0 Å². The van der Waals surface area contributed by atoms with Crippen molar-refractivity contribution in [3.8, 4) is 11.1 Å². The summed E-state index contributed by atoms with van der Waals surface area (Å²) in [6.45, 7) is 1.25. The van der Waals surface area contributed by atoms with Crippen molar-refractivity contribution in [1.82, 2.24) is 20.1 Å². The van der Waals surface area contributed by atoms with Gasteiger partial charge in [-0.05, 0) is 73.1 Å². The van der Waals surface area contributed by atoms with Crippen LogP contribution in [0.5, 0.6) is 0 Å². The number of hydrogen-bond acceptors (Lipinski definition) is 4. The maximum absolute atomic E-state index is 13.4. The lowest BCUT2D eigenvalue weighted by Gasteiger charge is -2.29. The minimum absolute atomic E-state index is 0.0203. The van der Waals surface area contributed by atoms with Gasteiger partial charge >= 0.3 is 0 Å². The Bertz CT molecular complexity index is 1230. The van der Waals surface area contributed by atoms with Gasteiger partial charge in [-0.25, -0.2) is 0 Å². The number of amides is 3. The van der Waals surface area contributed by atoms with E-state index in [9.17, 15) is 14.4 Å². The van der Waals surface area contributed by atoms with E-state index >= 15 is 0 Å². The fourth-order valence-corrected chi connectivity index (χ4v) is 5.33. The number of benzene rings is 2. The number of likely N-dealkylation sites (tertiary alicyclic amines) is 2. The molecule has 1 N–H and O–H groups in total. The fraction of sp³-hybridized carbons (Fsp3) is 0.333. The molecule has 190 valence electrons. The summed E-state index contributed by atoms with van der Waals surface area (Å²) < 4.78 is 0. The average Bonchev–Trinajstić information content (AvgIpc) is 3.38. The Morgan fingerprint density at radius 3 is 2.32 bits per heavy atom. The van der Waals surface area contributed by atoms with Gasteiger partial charge in [0.25, 0.3) is 5.91 Å². The van der Waals surface area contributed by atoms with Crippen LogP contribution in [0.4, 0.5) is 0 Å². The van der Waals surface area contributed by atoms with E-state index in [1.807, 2.05) is 59.5 Å². The van der Waals surface area contributed by atoms with Gasteiger partial charge in [0.15, 0.2) is 0 Å². The third kappa shape index (κ3) is 5.71. The summed E-state index contributed by atoms with van der Waals surface area (Å²) >= 11 is 0. The highest BCUT2D eigenvalue weighted by atomic mass is 16.2. The SMILES string of the molecule is O=C(NC1CCCCN(CC(=O)N2CCCC2c2ccncc2)C1=O)c1ccc(-c2ccccc2)cc1. The predicted molar refractivity (Wildman–Crippen MR) is 141 cm³/mol. The smallest absolute Gasteiger partial charge is 0.251 e. The summed E-state index contributed by atoms with van der Waals surface area (Å²) in [6, 6.07) is 20.7. The Kier molecular flexibility index (Phi) is 7.59. The second kappa shape index (κ2) is 11.4. The van der Waals surface area contributed by atoms with Gasteiger partial charge in [-0.3, -0.25) is 19.4 Å². The molecule has 5 rings (SSSR count). The predicted octanol–water partition coefficient (Wildman–Crippen LogP) is 4.22. The molecule has 0 spiro atoms. The fourth-order valence-electron chi connectivity index (χ4n) is 5.33. The van der Waals surface area contributed by atoms with Crippen molar-refractivity contribution in [3.05, 3.63) is 90.3 Å². The second-order valence-electron chi connectivity index (χ2n) is 9.75. The number of nitrogens with zero attached hydrogens (tertiary/aromatic N) is 3. The first-order valence-corrected chi connectivity index (χ1v) is 13.0. The van der Waals surface area contributed by atoms with Crippen LogP contribution in [0.3, 0.4) is 0 Å². The van der Waals surface area contributed by atoms with Crippen molar-refractivity contribution in [3.63, 3.8) is 0 Å². The molecule has 1 aromatic heterocycles. The van der Waals surface area contributed by atoms with Gasteiger partial charge in [-0.15, -0.1) is 0 Å². The van der Waals surface area contributed by atoms with E-state index in [0.29, 0.717) is 25.1 Å². The lowest BCUT2D eigenvalue weighted by Crippen LogP contribution is -2.50. The van der Waals surface area contributed by atoms with Crippen LogP contribution < -0.4 is 5.32 Å². The highest BCUT2D eigenvalue weighted by molar-refractivity contribution is 5.98. The first-order valence-electron chi connectivity index (χ1n) is 13.0. The Morgan fingerprint density at radius 1 is 0.838 bits per heavy atom. The molecule has 2 unspecified atom stereocenters. The number of rotatable bonds is 6. The quantitative estimate of drug-likeness (QED) is 0.554. The van der Waals surface area contributed by atoms with Crippen LogP contribution in [0.25, 0.3) is 11.1 Å². The molecule has 7 heteroatoms. The number of pyridine rings is 1. The van der Waals surface area contributed by atoms with Crippen LogP contribution >= 0.6 is 0 Å². The molecule has 3 aromatic rings. The zero-order valence-corrected chi connectivity index (χ0v) is 20.9. The summed E-state index contributed by atoms with van der Waals surface area (Å²) in [7, 11) is 0. The molecule has 3 heterocycles. The monoisotopic (exact) mass is 496 g/mol. The molecular formula is C30H32N4O3. The lowest BCUT2D eigenvalue weighted by atomic mass is 10.0. The third-order valence-electron chi connectivity index (χ3n) is 7.33. The van der Waals surface area contributed by atoms with Crippen LogP contribution in [0.1, 0.15) is 54.1 Å². The van der Waals surface area contributed by atoms with E-state index in [1.54, 1.807) is 29.4 Å². The third-order valence-corrected chi connectivity index (χ3v) is 7.33. The normalized spacial score (nSPS) is 19.9. The summed E-state index contributed by atoms with van der Waals surface area (Å²) in [4.78, 5) is 47.3. The molecule has 0 aliphatic carbocycles. The standard InChI is InChI=1S/C30H32N4O3/c35-28(34-20-6-10-27(34)24-15-17-31-18-16-24)21-33-19-5-4-9-26(30(33)37)32-29(36)25-13-11-23(12-14-25)22-7-2-1-3-8-22/h1-3,7-8,11-18,26-27H,4-6,9-10,19-21H2,(H,32,36). The maximum atomic E-state index is 13.4. The van der Waals surface area contributed by atoms with Gasteiger partial charge in [0.05, 0.1) is 12.6 Å². The number of carbonyl (C=O) groups excluding carboxylic acids is 3. The molecule has 2 atom stereocenters. The van der Waals surface area contributed by atoms with Crippen LogP contribution in [0.2, 0.25) is 0 Å². The zero-order chi connectivity index (χ0) is 25.6. The molecule has 0 bridgehead atoms. The Hall–Kier alpha value is -4.00. The van der Waals surface area contributed by atoms with E-state index in [1.165, 1.54) is 0 Å². The average molecular weight is 497 g/mol. The maximum Gasteiger partial charge on any atom is 0.251 e. The molecule has 2 saturated heterocycles. The first kappa shape index (κ1) is 24.7. The Morgan fingerprint density at radius 2 is 1.57 bits per heavy atom. The minimum atomic E-state index is -0.633. The highest BCUT2D eigenvalue weighted by Crippen LogP contribution is 2.31. The summed E-state index contributed by atoms with van der Waals surface area (Å²) in [5, 5.41) is 2.93. The summed E-state index contributed by atoms with van der Waals surface area (Å²) in [5.41, 5.74) is 3.69. The van der Waals surface area contributed by atoms with Crippen molar-refractivity contribution < 1.29 is 14.4 Å². The number of aromatic nitrogens is 1. The minimum Gasteiger partial charge on any atom is -0.340 e. The lowest BCUT2D eigenvalue weighted by molar-refractivity contribution is -0.141. The molecule has 7 nitrogen and oxygen atoms in total. The molecule has 2 fully saturated rings. The summed E-state index contributed by atoms with van der Waals surface area (Å²) in [5.74, 6) is -0.501. The van der Waals surface area contributed by atoms with E-state index in [2.05, 4.69) is 10.3 Å². The van der Waals surface area contributed by atoms with Gasteiger partial charge in [-0.1, -0.05) is 42.5 Å². The van der Waals surface area contributed by atoms with Gasteiger partial charge < -0.3 is 15.1 Å². The molecule has 2 aromatic carbocycles. The molecule has 0 saturated carbocycles.